The fourth-order valence-electron chi connectivity index (χ4n) is 1.91. The van der Waals surface area contributed by atoms with E-state index in [9.17, 15) is 10.1 Å². The quantitative estimate of drug-likeness (QED) is 0.660. The molecule has 0 radical (unpaired) electrons. The van der Waals surface area contributed by atoms with Crippen LogP contribution in [0.4, 0.5) is 5.69 Å². The molecule has 0 saturated carbocycles. The first-order valence-electron chi connectivity index (χ1n) is 6.15. The van der Waals surface area contributed by atoms with Gasteiger partial charge >= 0.3 is 0 Å². The Morgan fingerprint density at radius 3 is 2.37 bits per heavy atom. The maximum Gasteiger partial charge on any atom is 0.269 e. The lowest BCUT2D eigenvalue weighted by Gasteiger charge is -2.05. The lowest BCUT2D eigenvalue weighted by molar-refractivity contribution is -0.384. The standard InChI is InChI=1S/C15H16N2O2/c1-12-3-2-4-14(9-12)11-16-10-13-5-7-15(8-6-13)17(18)19/h2-9,16H,10-11H2,1H3. The molecule has 0 amide bonds. The van der Waals surface area contributed by atoms with Crippen LogP contribution in [0.5, 0.6) is 0 Å². The lowest BCUT2D eigenvalue weighted by atomic mass is 10.1. The molecular weight excluding hydrogens is 240 g/mol. The van der Waals surface area contributed by atoms with Gasteiger partial charge < -0.3 is 5.32 Å². The van der Waals surface area contributed by atoms with E-state index in [1.807, 2.05) is 6.07 Å². The number of rotatable bonds is 5. The average molecular weight is 256 g/mol. The lowest BCUT2D eigenvalue weighted by Crippen LogP contribution is -2.12. The normalized spacial score (nSPS) is 10.4. The molecule has 4 nitrogen and oxygen atoms in total. The van der Waals surface area contributed by atoms with Crippen LogP contribution in [0, 0.1) is 17.0 Å². The molecule has 0 saturated heterocycles. The van der Waals surface area contributed by atoms with Gasteiger partial charge in [0, 0.05) is 25.2 Å². The van der Waals surface area contributed by atoms with Gasteiger partial charge in [-0.3, -0.25) is 10.1 Å². The van der Waals surface area contributed by atoms with Crippen molar-refractivity contribution in [1.82, 2.24) is 5.32 Å². The smallest absolute Gasteiger partial charge is 0.269 e. The van der Waals surface area contributed by atoms with Gasteiger partial charge in [0.15, 0.2) is 0 Å². The summed E-state index contributed by atoms with van der Waals surface area (Å²) >= 11 is 0. The molecule has 0 bridgehead atoms. The molecule has 0 atom stereocenters. The number of nitro benzene ring substituents is 1. The SMILES string of the molecule is Cc1cccc(CNCc2ccc([N+](=O)[O-])cc2)c1. The molecule has 2 rings (SSSR count). The Bertz CT molecular complexity index is 565. The fraction of sp³-hybridized carbons (Fsp3) is 0.200. The van der Waals surface area contributed by atoms with Crippen molar-refractivity contribution in [3.8, 4) is 0 Å². The van der Waals surface area contributed by atoms with E-state index in [1.54, 1.807) is 12.1 Å². The first-order chi connectivity index (χ1) is 9.15. The van der Waals surface area contributed by atoms with Crippen molar-refractivity contribution >= 4 is 5.69 Å². The summed E-state index contributed by atoms with van der Waals surface area (Å²) in [4.78, 5) is 10.1. The Kier molecular flexibility index (Phi) is 4.26. The molecule has 0 spiro atoms. The summed E-state index contributed by atoms with van der Waals surface area (Å²) in [5.74, 6) is 0. The first-order valence-corrected chi connectivity index (χ1v) is 6.15. The molecule has 0 aliphatic rings. The van der Waals surface area contributed by atoms with Crippen molar-refractivity contribution < 1.29 is 4.92 Å². The van der Waals surface area contributed by atoms with E-state index in [2.05, 4.69) is 30.4 Å². The molecular formula is C15H16N2O2. The minimum absolute atomic E-state index is 0.127. The summed E-state index contributed by atoms with van der Waals surface area (Å²) in [6.45, 7) is 3.56. The maximum atomic E-state index is 10.5. The van der Waals surface area contributed by atoms with Gasteiger partial charge in [-0.25, -0.2) is 0 Å². The monoisotopic (exact) mass is 256 g/mol. The number of aryl methyl sites for hydroxylation is 1. The molecule has 0 aliphatic heterocycles. The summed E-state index contributed by atoms with van der Waals surface area (Å²) in [5, 5.41) is 13.9. The third-order valence-corrected chi connectivity index (χ3v) is 2.89. The van der Waals surface area contributed by atoms with Gasteiger partial charge in [0.05, 0.1) is 4.92 Å². The van der Waals surface area contributed by atoms with E-state index < -0.39 is 0 Å². The molecule has 98 valence electrons. The van der Waals surface area contributed by atoms with E-state index in [4.69, 9.17) is 0 Å². The second-order valence-corrected chi connectivity index (χ2v) is 4.52. The van der Waals surface area contributed by atoms with Gasteiger partial charge in [-0.2, -0.15) is 0 Å². The minimum Gasteiger partial charge on any atom is -0.309 e. The van der Waals surface area contributed by atoms with E-state index in [1.165, 1.54) is 23.3 Å². The average Bonchev–Trinajstić information content (AvgIpc) is 2.39. The zero-order chi connectivity index (χ0) is 13.7. The van der Waals surface area contributed by atoms with Crippen LogP contribution < -0.4 is 5.32 Å². The summed E-state index contributed by atoms with van der Waals surface area (Å²) in [6, 6.07) is 15.0. The highest BCUT2D eigenvalue weighted by molar-refractivity contribution is 5.32. The zero-order valence-electron chi connectivity index (χ0n) is 10.8. The second-order valence-electron chi connectivity index (χ2n) is 4.52. The molecule has 0 fully saturated rings. The van der Waals surface area contributed by atoms with Crippen LogP contribution in [-0.4, -0.2) is 4.92 Å². The molecule has 19 heavy (non-hydrogen) atoms. The van der Waals surface area contributed by atoms with E-state index in [-0.39, 0.29) is 10.6 Å². The van der Waals surface area contributed by atoms with Crippen LogP contribution in [0.3, 0.4) is 0 Å². The highest BCUT2D eigenvalue weighted by atomic mass is 16.6. The molecule has 0 heterocycles. The maximum absolute atomic E-state index is 10.5. The number of non-ortho nitro benzene ring substituents is 1. The predicted molar refractivity (Wildman–Crippen MR) is 74.8 cm³/mol. The Hall–Kier alpha value is -2.20. The number of nitro groups is 1. The number of nitrogens with one attached hydrogen (secondary N) is 1. The Morgan fingerprint density at radius 1 is 1.05 bits per heavy atom. The van der Waals surface area contributed by atoms with Crippen LogP contribution in [0.1, 0.15) is 16.7 Å². The Labute approximate surface area is 112 Å². The fourth-order valence-corrected chi connectivity index (χ4v) is 1.91. The summed E-state index contributed by atoms with van der Waals surface area (Å²) in [7, 11) is 0. The molecule has 4 heteroatoms. The van der Waals surface area contributed by atoms with Gasteiger partial charge in [0.2, 0.25) is 0 Å². The molecule has 2 aromatic carbocycles. The van der Waals surface area contributed by atoms with E-state index in [0.29, 0.717) is 6.54 Å². The van der Waals surface area contributed by atoms with Crippen molar-refractivity contribution in [3.63, 3.8) is 0 Å². The van der Waals surface area contributed by atoms with Crippen molar-refractivity contribution in [1.29, 1.82) is 0 Å². The highest BCUT2D eigenvalue weighted by Gasteiger charge is 2.03. The molecule has 2 aromatic rings. The Morgan fingerprint density at radius 2 is 1.74 bits per heavy atom. The van der Waals surface area contributed by atoms with Gasteiger partial charge in [-0.05, 0) is 18.1 Å². The van der Waals surface area contributed by atoms with Crippen molar-refractivity contribution in [3.05, 3.63) is 75.3 Å². The number of benzene rings is 2. The van der Waals surface area contributed by atoms with Crippen LogP contribution in [0.2, 0.25) is 0 Å². The Balaban J connectivity index is 1.87. The van der Waals surface area contributed by atoms with Gasteiger partial charge in [-0.15, -0.1) is 0 Å². The topological polar surface area (TPSA) is 55.2 Å². The summed E-state index contributed by atoms with van der Waals surface area (Å²) in [6.07, 6.45) is 0. The molecule has 1 N–H and O–H groups in total. The number of nitrogens with zero attached hydrogens (tertiary/aromatic N) is 1. The van der Waals surface area contributed by atoms with Crippen LogP contribution in [0.15, 0.2) is 48.5 Å². The third kappa shape index (κ3) is 3.89. The predicted octanol–water partition coefficient (Wildman–Crippen LogP) is 3.19. The van der Waals surface area contributed by atoms with Crippen LogP contribution in [-0.2, 0) is 13.1 Å². The zero-order valence-corrected chi connectivity index (χ0v) is 10.8. The van der Waals surface area contributed by atoms with Crippen molar-refractivity contribution in [2.45, 2.75) is 20.0 Å². The van der Waals surface area contributed by atoms with Crippen LogP contribution in [0.25, 0.3) is 0 Å². The van der Waals surface area contributed by atoms with Gasteiger partial charge in [-0.1, -0.05) is 42.0 Å². The van der Waals surface area contributed by atoms with Crippen molar-refractivity contribution in [2.24, 2.45) is 0 Å². The summed E-state index contributed by atoms with van der Waals surface area (Å²) in [5.41, 5.74) is 3.65. The van der Waals surface area contributed by atoms with Crippen molar-refractivity contribution in [2.75, 3.05) is 0 Å². The van der Waals surface area contributed by atoms with Crippen LogP contribution >= 0.6 is 0 Å². The first kappa shape index (κ1) is 13.2. The number of hydrogen-bond donors (Lipinski definition) is 1. The molecule has 0 aliphatic carbocycles. The second kappa shape index (κ2) is 6.11. The molecule has 0 aromatic heterocycles. The van der Waals surface area contributed by atoms with Gasteiger partial charge in [0.25, 0.3) is 5.69 Å². The minimum atomic E-state index is -0.385. The van der Waals surface area contributed by atoms with E-state index in [0.717, 1.165) is 12.1 Å². The summed E-state index contributed by atoms with van der Waals surface area (Å²) < 4.78 is 0. The largest absolute Gasteiger partial charge is 0.309 e. The third-order valence-electron chi connectivity index (χ3n) is 2.89. The van der Waals surface area contributed by atoms with Gasteiger partial charge in [0.1, 0.15) is 0 Å². The highest BCUT2D eigenvalue weighted by Crippen LogP contribution is 2.12. The molecule has 0 unspecified atom stereocenters. The number of hydrogen-bond acceptors (Lipinski definition) is 3. The van der Waals surface area contributed by atoms with E-state index >= 15 is 0 Å².